The van der Waals surface area contributed by atoms with Crippen LogP contribution in [0.1, 0.15) is 64.2 Å². The van der Waals surface area contributed by atoms with E-state index in [2.05, 4.69) is 0 Å². The molecule has 2 aliphatic rings. The van der Waals surface area contributed by atoms with E-state index in [1.54, 1.807) is 0 Å². The number of halogens is 8. The SMILES string of the molecule is FC1CCCC(CC(F)(F)F)(SC2(CC(F)(F)F)CCCC(F)C2)C1. The van der Waals surface area contributed by atoms with Gasteiger partial charge in [-0.1, -0.05) is 0 Å². The molecule has 0 aromatic rings. The molecule has 2 saturated carbocycles. The molecular formula is C16H22F8S. The van der Waals surface area contributed by atoms with E-state index in [-0.39, 0.29) is 38.5 Å². The van der Waals surface area contributed by atoms with Crippen LogP contribution >= 0.6 is 11.8 Å². The smallest absolute Gasteiger partial charge is 0.247 e. The Morgan fingerprint density at radius 3 is 1.36 bits per heavy atom. The Bertz CT molecular complexity index is 408. The van der Waals surface area contributed by atoms with E-state index in [4.69, 9.17) is 0 Å². The standard InChI is InChI=1S/C16H22F8S/c17-11-3-1-5-13(7-11,9-15(19,20)21)25-14(10-16(22,23)24)6-2-4-12(18)8-14/h11-12H,1-10H2. The first-order valence-corrected chi connectivity index (χ1v) is 9.26. The highest BCUT2D eigenvalue weighted by Crippen LogP contribution is 2.58. The zero-order chi connectivity index (χ0) is 18.9. The molecule has 2 fully saturated rings. The first kappa shape index (κ1) is 21.1. The average molecular weight is 398 g/mol. The second-order valence-corrected chi connectivity index (χ2v) is 9.38. The van der Waals surface area contributed by atoms with Crippen molar-refractivity contribution in [2.45, 2.75) is 98.4 Å². The van der Waals surface area contributed by atoms with Gasteiger partial charge in [0.15, 0.2) is 0 Å². The fraction of sp³-hybridized carbons (Fsp3) is 1.00. The maximum Gasteiger partial charge on any atom is 0.390 e. The Balaban J connectivity index is 2.30. The van der Waals surface area contributed by atoms with Gasteiger partial charge >= 0.3 is 12.4 Å². The van der Waals surface area contributed by atoms with E-state index in [0.717, 1.165) is 0 Å². The van der Waals surface area contributed by atoms with Crippen LogP contribution < -0.4 is 0 Å². The Kier molecular flexibility index (Phi) is 6.27. The predicted octanol–water partition coefficient (Wildman–Crippen LogP) is 6.93. The fourth-order valence-electron chi connectivity index (χ4n) is 4.28. The van der Waals surface area contributed by atoms with E-state index in [0.29, 0.717) is 11.8 Å². The van der Waals surface area contributed by atoms with Crippen LogP contribution in [0, 0.1) is 0 Å². The van der Waals surface area contributed by atoms with Gasteiger partial charge in [-0.2, -0.15) is 26.3 Å². The summed E-state index contributed by atoms with van der Waals surface area (Å²) >= 11 is 0.578. The van der Waals surface area contributed by atoms with Crippen molar-refractivity contribution >= 4 is 11.8 Å². The number of hydrogen-bond acceptors (Lipinski definition) is 1. The van der Waals surface area contributed by atoms with Gasteiger partial charge in [-0.15, -0.1) is 11.8 Å². The molecule has 0 saturated heterocycles. The highest BCUT2D eigenvalue weighted by molar-refractivity contribution is 8.02. The molecule has 0 nitrogen and oxygen atoms in total. The lowest BCUT2D eigenvalue weighted by molar-refractivity contribution is -0.145. The number of thioether (sulfide) groups is 1. The summed E-state index contributed by atoms with van der Waals surface area (Å²) in [4.78, 5) is 0. The molecular weight excluding hydrogens is 376 g/mol. The van der Waals surface area contributed by atoms with Crippen LogP contribution in [0.15, 0.2) is 0 Å². The summed E-state index contributed by atoms with van der Waals surface area (Å²) in [7, 11) is 0. The molecule has 2 rings (SSSR count). The number of alkyl halides is 8. The Hall–Kier alpha value is -0.210. The summed E-state index contributed by atoms with van der Waals surface area (Å²) in [5, 5.41) is 0. The van der Waals surface area contributed by atoms with E-state index in [1.807, 2.05) is 0 Å². The van der Waals surface area contributed by atoms with Gasteiger partial charge in [0.1, 0.15) is 12.3 Å². The van der Waals surface area contributed by atoms with Gasteiger partial charge in [-0.25, -0.2) is 8.78 Å². The molecule has 0 bridgehead atoms. The molecule has 25 heavy (non-hydrogen) atoms. The topological polar surface area (TPSA) is 0 Å². The first-order valence-electron chi connectivity index (χ1n) is 8.44. The molecule has 0 aliphatic heterocycles. The lowest BCUT2D eigenvalue weighted by Crippen LogP contribution is -2.46. The van der Waals surface area contributed by atoms with Crippen molar-refractivity contribution in [3.8, 4) is 0 Å². The lowest BCUT2D eigenvalue weighted by atomic mass is 9.83. The van der Waals surface area contributed by atoms with E-state index >= 15 is 0 Å². The fourth-order valence-corrected chi connectivity index (χ4v) is 6.69. The second kappa shape index (κ2) is 7.43. The summed E-state index contributed by atoms with van der Waals surface area (Å²) < 4.78 is 103. The third kappa shape index (κ3) is 6.47. The van der Waals surface area contributed by atoms with Crippen LogP contribution in [0.25, 0.3) is 0 Å². The third-order valence-electron chi connectivity index (χ3n) is 4.96. The normalized spacial score (nSPS) is 37.9. The minimum atomic E-state index is -4.60. The molecule has 0 aromatic heterocycles. The van der Waals surface area contributed by atoms with Crippen LogP contribution in [-0.4, -0.2) is 34.2 Å². The Labute approximate surface area is 146 Å². The van der Waals surface area contributed by atoms with Crippen molar-refractivity contribution in [2.24, 2.45) is 0 Å². The second-order valence-electron chi connectivity index (χ2n) is 7.44. The zero-order valence-corrected chi connectivity index (χ0v) is 14.5. The van der Waals surface area contributed by atoms with Crippen molar-refractivity contribution in [1.29, 1.82) is 0 Å². The van der Waals surface area contributed by atoms with Gasteiger partial charge < -0.3 is 0 Å². The third-order valence-corrected chi connectivity index (χ3v) is 6.86. The van der Waals surface area contributed by atoms with Crippen LogP contribution in [0.5, 0.6) is 0 Å². The minimum absolute atomic E-state index is 0.00809. The van der Waals surface area contributed by atoms with Crippen LogP contribution in [0.4, 0.5) is 35.1 Å². The van der Waals surface area contributed by atoms with Crippen molar-refractivity contribution in [2.75, 3.05) is 0 Å². The summed E-state index contributed by atoms with van der Waals surface area (Å²) in [6, 6.07) is 0. The molecule has 9 heteroatoms. The van der Waals surface area contributed by atoms with Crippen LogP contribution in [0.2, 0.25) is 0 Å². The van der Waals surface area contributed by atoms with Gasteiger partial charge in [0.05, 0.1) is 12.8 Å². The predicted molar refractivity (Wildman–Crippen MR) is 81.1 cm³/mol. The molecule has 0 heterocycles. The Morgan fingerprint density at radius 2 is 1.08 bits per heavy atom. The quantitative estimate of drug-likeness (QED) is 0.463. The largest absolute Gasteiger partial charge is 0.390 e. The van der Waals surface area contributed by atoms with Crippen molar-refractivity contribution < 1.29 is 35.1 Å². The molecule has 0 amide bonds. The summed E-state index contributed by atoms with van der Waals surface area (Å²) in [6.45, 7) is 0. The minimum Gasteiger partial charge on any atom is -0.247 e. The summed E-state index contributed by atoms with van der Waals surface area (Å²) in [5.74, 6) is 0. The maximum absolute atomic E-state index is 13.9. The van der Waals surface area contributed by atoms with Gasteiger partial charge in [-0.3, -0.25) is 0 Å². The average Bonchev–Trinajstić information content (AvgIpc) is 2.32. The molecule has 0 N–H and O–H groups in total. The molecule has 2 aliphatic carbocycles. The van der Waals surface area contributed by atoms with E-state index in [9.17, 15) is 35.1 Å². The summed E-state index contributed by atoms with van der Waals surface area (Å²) in [5.41, 5.74) is 0. The maximum atomic E-state index is 13.9. The summed E-state index contributed by atoms with van der Waals surface area (Å²) in [6.07, 6.45) is -15.0. The molecule has 4 unspecified atom stereocenters. The highest BCUT2D eigenvalue weighted by atomic mass is 32.2. The van der Waals surface area contributed by atoms with Crippen molar-refractivity contribution in [3.63, 3.8) is 0 Å². The van der Waals surface area contributed by atoms with Crippen LogP contribution in [0.3, 0.4) is 0 Å². The van der Waals surface area contributed by atoms with Gasteiger partial charge in [0.25, 0.3) is 0 Å². The monoisotopic (exact) mass is 398 g/mol. The number of hydrogen-bond donors (Lipinski definition) is 0. The molecule has 148 valence electrons. The van der Waals surface area contributed by atoms with Crippen LogP contribution in [-0.2, 0) is 0 Å². The molecule has 0 spiro atoms. The molecule has 0 radical (unpaired) electrons. The highest BCUT2D eigenvalue weighted by Gasteiger charge is 2.54. The van der Waals surface area contributed by atoms with E-state index in [1.165, 1.54) is 0 Å². The lowest BCUT2D eigenvalue weighted by Gasteiger charge is -2.48. The Morgan fingerprint density at radius 1 is 0.720 bits per heavy atom. The van der Waals surface area contributed by atoms with Gasteiger partial charge in [0, 0.05) is 9.49 Å². The molecule has 4 atom stereocenters. The molecule has 0 aromatic carbocycles. The van der Waals surface area contributed by atoms with E-state index < -0.39 is 59.9 Å². The van der Waals surface area contributed by atoms with Gasteiger partial charge in [-0.05, 0) is 51.4 Å². The number of rotatable bonds is 4. The zero-order valence-electron chi connectivity index (χ0n) is 13.7. The van der Waals surface area contributed by atoms with Gasteiger partial charge in [0.2, 0.25) is 0 Å². The first-order chi connectivity index (χ1) is 11.3. The van der Waals surface area contributed by atoms with Crippen molar-refractivity contribution in [1.82, 2.24) is 0 Å². The van der Waals surface area contributed by atoms with Crippen molar-refractivity contribution in [3.05, 3.63) is 0 Å².